The summed E-state index contributed by atoms with van der Waals surface area (Å²) in [5, 5.41) is 6.72. The number of fused-ring (bicyclic) bond motifs is 1. The first-order valence-corrected chi connectivity index (χ1v) is 11.1. The highest BCUT2D eigenvalue weighted by Gasteiger charge is 2.21. The zero-order valence-corrected chi connectivity index (χ0v) is 18.1. The van der Waals surface area contributed by atoms with Crippen molar-refractivity contribution in [3.8, 4) is 0 Å². The normalized spacial score (nSPS) is 14.4. The lowest BCUT2D eigenvalue weighted by atomic mass is 10.2. The summed E-state index contributed by atoms with van der Waals surface area (Å²) < 4.78 is 2.19. The number of carbonyl (C=O) groups is 1. The van der Waals surface area contributed by atoms with E-state index in [-0.39, 0.29) is 5.91 Å². The first-order valence-electron chi connectivity index (χ1n) is 11.1. The van der Waals surface area contributed by atoms with Gasteiger partial charge in [0.2, 0.25) is 5.91 Å². The Morgan fingerprint density at radius 1 is 1.13 bits per heavy atom. The number of aryl methyl sites for hydroxylation is 1. The maximum absolute atomic E-state index is 11.9. The van der Waals surface area contributed by atoms with Gasteiger partial charge in [0.25, 0.3) is 0 Å². The van der Waals surface area contributed by atoms with Crippen molar-refractivity contribution in [2.45, 2.75) is 39.3 Å². The van der Waals surface area contributed by atoms with Gasteiger partial charge in [-0.25, -0.2) is 9.98 Å². The van der Waals surface area contributed by atoms with Crippen LogP contribution in [0.15, 0.2) is 59.9 Å². The number of guanidine groups is 1. The molecule has 0 saturated carbocycles. The molecule has 0 spiro atoms. The summed E-state index contributed by atoms with van der Waals surface area (Å²) in [6.45, 7) is 6.03. The molecule has 2 heterocycles. The smallest absolute Gasteiger partial charge is 0.227 e. The lowest BCUT2D eigenvalue weighted by Crippen LogP contribution is -2.38. The Hall–Kier alpha value is -3.35. The Morgan fingerprint density at radius 3 is 2.74 bits per heavy atom. The fraction of sp³-hybridized carbons (Fsp3) is 0.375. The molecule has 162 valence electrons. The average molecular weight is 419 g/mol. The predicted molar refractivity (Wildman–Crippen MR) is 125 cm³/mol. The number of rotatable bonds is 8. The van der Waals surface area contributed by atoms with Gasteiger partial charge >= 0.3 is 0 Å². The summed E-state index contributed by atoms with van der Waals surface area (Å²) >= 11 is 0. The van der Waals surface area contributed by atoms with Gasteiger partial charge in [-0.05, 0) is 49.6 Å². The molecule has 0 unspecified atom stereocenters. The van der Waals surface area contributed by atoms with Crippen molar-refractivity contribution in [1.82, 2.24) is 20.2 Å². The molecule has 0 bridgehead atoms. The highest BCUT2D eigenvalue weighted by Crippen LogP contribution is 2.21. The van der Waals surface area contributed by atoms with Crippen molar-refractivity contribution in [3.05, 3.63) is 60.4 Å². The van der Waals surface area contributed by atoms with E-state index in [1.54, 1.807) is 0 Å². The number of aromatic nitrogens is 2. The van der Waals surface area contributed by atoms with Crippen LogP contribution in [0.4, 0.5) is 5.69 Å². The fourth-order valence-electron chi connectivity index (χ4n) is 3.86. The SMILES string of the molecule is CCNC(=NCc1ccc(N2CCCC2=O)cc1)NCCCn1cnc2ccccc21. The molecule has 1 amide bonds. The number of nitrogens with one attached hydrogen (secondary N) is 2. The van der Waals surface area contributed by atoms with Crippen LogP contribution >= 0.6 is 0 Å². The molecule has 0 aliphatic carbocycles. The molecule has 4 rings (SSSR count). The number of imidazole rings is 1. The van der Waals surface area contributed by atoms with Crippen molar-refractivity contribution in [2.24, 2.45) is 4.99 Å². The van der Waals surface area contributed by atoms with Crippen molar-refractivity contribution < 1.29 is 4.79 Å². The molecule has 2 N–H and O–H groups in total. The molecule has 3 aromatic rings. The fourth-order valence-corrected chi connectivity index (χ4v) is 3.86. The first-order chi connectivity index (χ1) is 15.2. The van der Waals surface area contributed by atoms with E-state index in [2.05, 4.69) is 45.3 Å². The molecule has 7 nitrogen and oxygen atoms in total. The molecule has 1 saturated heterocycles. The molecule has 2 aromatic carbocycles. The molecule has 0 atom stereocenters. The third-order valence-electron chi connectivity index (χ3n) is 5.48. The van der Waals surface area contributed by atoms with Crippen LogP contribution in [0.1, 0.15) is 31.7 Å². The van der Waals surface area contributed by atoms with E-state index >= 15 is 0 Å². The third-order valence-corrected chi connectivity index (χ3v) is 5.48. The van der Waals surface area contributed by atoms with Crippen molar-refractivity contribution in [2.75, 3.05) is 24.5 Å². The van der Waals surface area contributed by atoms with E-state index in [1.807, 2.05) is 41.6 Å². The van der Waals surface area contributed by atoms with Gasteiger partial charge in [-0.15, -0.1) is 0 Å². The standard InChI is InChI=1S/C24H30N6O/c1-2-25-24(26-14-6-15-29-18-28-21-7-3-4-8-22(21)29)27-17-19-10-12-20(13-11-19)30-16-5-9-23(30)31/h3-4,7-8,10-13,18H,2,5-6,9,14-17H2,1H3,(H2,25,26,27). The number of hydrogen-bond acceptors (Lipinski definition) is 3. The van der Waals surface area contributed by atoms with Crippen molar-refractivity contribution >= 4 is 28.6 Å². The molecular weight excluding hydrogens is 388 g/mol. The quantitative estimate of drug-likeness (QED) is 0.334. The lowest BCUT2D eigenvalue weighted by Gasteiger charge is -2.16. The van der Waals surface area contributed by atoms with Gasteiger partial charge in [0.15, 0.2) is 5.96 Å². The van der Waals surface area contributed by atoms with Crippen LogP contribution in [0, 0.1) is 0 Å². The number of nitrogens with zero attached hydrogens (tertiary/aromatic N) is 4. The highest BCUT2D eigenvalue weighted by molar-refractivity contribution is 5.95. The summed E-state index contributed by atoms with van der Waals surface area (Å²) in [6, 6.07) is 16.3. The van der Waals surface area contributed by atoms with Gasteiger partial charge < -0.3 is 20.1 Å². The van der Waals surface area contributed by atoms with E-state index in [4.69, 9.17) is 4.99 Å². The van der Waals surface area contributed by atoms with Crippen molar-refractivity contribution in [3.63, 3.8) is 0 Å². The summed E-state index contributed by atoms with van der Waals surface area (Å²) in [6.07, 6.45) is 4.48. The zero-order chi connectivity index (χ0) is 21.5. The molecule has 31 heavy (non-hydrogen) atoms. The second-order valence-electron chi connectivity index (χ2n) is 7.72. The maximum atomic E-state index is 11.9. The molecule has 1 aliphatic rings. The Labute approximate surface area is 183 Å². The largest absolute Gasteiger partial charge is 0.357 e. The molecule has 7 heteroatoms. The van der Waals surface area contributed by atoms with Crippen LogP contribution in [0.2, 0.25) is 0 Å². The van der Waals surface area contributed by atoms with E-state index in [0.717, 1.165) is 61.7 Å². The minimum absolute atomic E-state index is 0.216. The lowest BCUT2D eigenvalue weighted by molar-refractivity contribution is -0.117. The summed E-state index contributed by atoms with van der Waals surface area (Å²) in [4.78, 5) is 22.9. The Kier molecular flexibility index (Phi) is 6.82. The Morgan fingerprint density at radius 2 is 1.97 bits per heavy atom. The second-order valence-corrected chi connectivity index (χ2v) is 7.72. The second kappa shape index (κ2) is 10.1. The summed E-state index contributed by atoms with van der Waals surface area (Å²) in [5.74, 6) is 1.03. The van der Waals surface area contributed by atoms with Crippen molar-refractivity contribution in [1.29, 1.82) is 0 Å². The van der Waals surface area contributed by atoms with Crippen LogP contribution in [0.3, 0.4) is 0 Å². The predicted octanol–water partition coefficient (Wildman–Crippen LogP) is 3.31. The Bertz CT molecular complexity index is 1040. The number of anilines is 1. The first kappa shape index (κ1) is 20.9. The number of hydrogen-bond donors (Lipinski definition) is 2. The maximum Gasteiger partial charge on any atom is 0.227 e. The van der Waals surface area contributed by atoms with Gasteiger partial charge in [-0.1, -0.05) is 24.3 Å². The minimum Gasteiger partial charge on any atom is -0.357 e. The van der Waals surface area contributed by atoms with Gasteiger partial charge in [-0.3, -0.25) is 4.79 Å². The van der Waals surface area contributed by atoms with Crippen LogP contribution in [0.25, 0.3) is 11.0 Å². The highest BCUT2D eigenvalue weighted by atomic mass is 16.2. The van der Waals surface area contributed by atoms with Crippen LogP contribution in [-0.4, -0.2) is 41.1 Å². The van der Waals surface area contributed by atoms with Crippen LogP contribution in [0.5, 0.6) is 0 Å². The number of aliphatic imine (C=N–C) groups is 1. The number of amides is 1. The molecule has 1 aliphatic heterocycles. The average Bonchev–Trinajstić information content (AvgIpc) is 3.41. The molecule has 1 fully saturated rings. The van der Waals surface area contributed by atoms with Gasteiger partial charge in [0, 0.05) is 38.3 Å². The monoisotopic (exact) mass is 418 g/mol. The third kappa shape index (κ3) is 5.23. The minimum atomic E-state index is 0.216. The van der Waals surface area contributed by atoms with E-state index < -0.39 is 0 Å². The summed E-state index contributed by atoms with van der Waals surface area (Å²) in [7, 11) is 0. The van der Waals surface area contributed by atoms with Gasteiger partial charge in [-0.2, -0.15) is 0 Å². The Balaban J connectivity index is 1.28. The zero-order valence-electron chi connectivity index (χ0n) is 18.1. The topological polar surface area (TPSA) is 74.6 Å². The number of benzene rings is 2. The summed E-state index contributed by atoms with van der Waals surface area (Å²) in [5.41, 5.74) is 4.30. The van der Waals surface area contributed by atoms with E-state index in [0.29, 0.717) is 13.0 Å². The molecule has 0 radical (unpaired) electrons. The van der Waals surface area contributed by atoms with E-state index in [1.165, 1.54) is 5.52 Å². The van der Waals surface area contributed by atoms with Gasteiger partial charge in [0.1, 0.15) is 0 Å². The molecule has 1 aromatic heterocycles. The van der Waals surface area contributed by atoms with Gasteiger partial charge in [0.05, 0.1) is 23.9 Å². The number of para-hydroxylation sites is 2. The van der Waals surface area contributed by atoms with Crippen LogP contribution in [-0.2, 0) is 17.9 Å². The molecular formula is C24H30N6O. The number of carbonyl (C=O) groups excluding carboxylic acids is 1. The van der Waals surface area contributed by atoms with E-state index in [9.17, 15) is 4.79 Å². The van der Waals surface area contributed by atoms with Crippen LogP contribution < -0.4 is 15.5 Å².